The number of carbonyl (C=O) groups excluding carboxylic acids is 2. The minimum absolute atomic E-state index is 0.0605. The third-order valence-corrected chi connectivity index (χ3v) is 4.28. The fourth-order valence-electron chi connectivity index (χ4n) is 2.45. The number of rotatable bonds is 3. The van der Waals surface area contributed by atoms with Crippen molar-refractivity contribution in [2.75, 3.05) is 13.1 Å². The Bertz CT molecular complexity index is 534. The van der Waals surface area contributed by atoms with Gasteiger partial charge in [-0.3, -0.25) is 9.59 Å². The summed E-state index contributed by atoms with van der Waals surface area (Å²) in [5.74, 6) is 0.262. The summed E-state index contributed by atoms with van der Waals surface area (Å²) in [5.41, 5.74) is 0.568. The Morgan fingerprint density at radius 2 is 2.00 bits per heavy atom. The van der Waals surface area contributed by atoms with Gasteiger partial charge >= 0.3 is 0 Å². The molecule has 0 radical (unpaired) electrons. The Hall–Kier alpha value is -1.35. The van der Waals surface area contributed by atoms with Gasteiger partial charge in [0.1, 0.15) is 0 Å². The average Bonchev–Trinajstić information content (AvgIpc) is 2.71. The Balaban J connectivity index is 2.06. The fraction of sp³-hybridized carbons (Fsp3) is 0.500. The lowest BCUT2D eigenvalue weighted by atomic mass is 9.80. The highest BCUT2D eigenvalue weighted by atomic mass is 35.5. The molecular weight excluding hydrogens is 274 g/mol. The van der Waals surface area contributed by atoms with E-state index in [-0.39, 0.29) is 23.7 Å². The first kappa shape index (κ1) is 15.0. The second kappa shape index (κ2) is 5.57. The Morgan fingerprint density at radius 1 is 1.35 bits per heavy atom. The summed E-state index contributed by atoms with van der Waals surface area (Å²) in [5, 5.41) is 0.441. The molecule has 2 rings (SSSR count). The minimum atomic E-state index is -0.0986. The molecule has 0 saturated carbocycles. The third-order valence-electron chi connectivity index (χ3n) is 3.95. The molecule has 1 aliphatic heterocycles. The van der Waals surface area contributed by atoms with E-state index in [1.807, 2.05) is 0 Å². The predicted molar refractivity (Wildman–Crippen MR) is 79.9 cm³/mol. The number of hydrogen-bond acceptors (Lipinski definition) is 2. The molecule has 0 spiro atoms. The van der Waals surface area contributed by atoms with Gasteiger partial charge in [0.2, 0.25) is 5.91 Å². The maximum absolute atomic E-state index is 12.2. The zero-order valence-electron chi connectivity index (χ0n) is 12.1. The van der Waals surface area contributed by atoms with Gasteiger partial charge in [-0.25, -0.2) is 0 Å². The van der Waals surface area contributed by atoms with Crippen molar-refractivity contribution >= 4 is 23.3 Å². The van der Waals surface area contributed by atoms with Gasteiger partial charge in [-0.05, 0) is 23.5 Å². The number of hydrogen-bond donors (Lipinski definition) is 0. The van der Waals surface area contributed by atoms with Gasteiger partial charge in [-0.2, -0.15) is 0 Å². The molecule has 108 valence electrons. The van der Waals surface area contributed by atoms with E-state index in [1.54, 1.807) is 29.2 Å². The SMILES string of the molecule is CC(C)(C)C1CC(=O)N(CC(=O)c2ccccc2Cl)C1. The van der Waals surface area contributed by atoms with Crippen LogP contribution in [0.5, 0.6) is 0 Å². The lowest BCUT2D eigenvalue weighted by Crippen LogP contribution is -2.32. The summed E-state index contributed by atoms with van der Waals surface area (Å²) in [4.78, 5) is 25.9. The normalized spacial score (nSPS) is 19.5. The van der Waals surface area contributed by atoms with Crippen LogP contribution >= 0.6 is 11.6 Å². The van der Waals surface area contributed by atoms with Crippen molar-refractivity contribution in [1.29, 1.82) is 0 Å². The molecule has 1 amide bonds. The van der Waals surface area contributed by atoms with Gasteiger partial charge in [0.25, 0.3) is 0 Å². The molecule has 1 saturated heterocycles. The summed E-state index contributed by atoms with van der Waals surface area (Å²) in [6.45, 7) is 7.16. The maximum atomic E-state index is 12.2. The van der Waals surface area contributed by atoms with E-state index >= 15 is 0 Å². The lowest BCUT2D eigenvalue weighted by Gasteiger charge is -2.26. The largest absolute Gasteiger partial charge is 0.335 e. The summed E-state index contributed by atoms with van der Waals surface area (Å²) >= 11 is 6.02. The van der Waals surface area contributed by atoms with Crippen LogP contribution < -0.4 is 0 Å². The van der Waals surface area contributed by atoms with Crippen LogP contribution in [0.1, 0.15) is 37.6 Å². The Labute approximate surface area is 124 Å². The second-order valence-corrected chi connectivity index (χ2v) is 6.85. The molecule has 1 aromatic carbocycles. The standard InChI is InChI=1S/C16H20ClNO2/c1-16(2,3)11-8-15(20)18(9-11)10-14(19)12-6-4-5-7-13(12)17/h4-7,11H,8-10H2,1-3H3. The molecule has 3 nitrogen and oxygen atoms in total. The molecule has 1 fully saturated rings. The maximum Gasteiger partial charge on any atom is 0.223 e. The van der Waals surface area contributed by atoms with E-state index < -0.39 is 0 Å². The highest BCUT2D eigenvalue weighted by Crippen LogP contribution is 2.34. The van der Waals surface area contributed by atoms with E-state index in [2.05, 4.69) is 20.8 Å². The van der Waals surface area contributed by atoms with E-state index in [4.69, 9.17) is 11.6 Å². The number of ketones is 1. The monoisotopic (exact) mass is 293 g/mol. The summed E-state index contributed by atoms with van der Waals surface area (Å²) in [7, 11) is 0. The van der Waals surface area contributed by atoms with Crippen LogP contribution in [0.2, 0.25) is 5.02 Å². The van der Waals surface area contributed by atoms with Gasteiger partial charge in [0.15, 0.2) is 5.78 Å². The van der Waals surface area contributed by atoms with Crippen LogP contribution in [0, 0.1) is 11.3 Å². The van der Waals surface area contributed by atoms with Gasteiger partial charge in [0, 0.05) is 18.5 Å². The highest BCUT2D eigenvalue weighted by Gasteiger charge is 2.37. The molecule has 1 aliphatic rings. The number of benzene rings is 1. The van der Waals surface area contributed by atoms with Gasteiger partial charge < -0.3 is 4.90 Å². The first-order valence-electron chi connectivity index (χ1n) is 6.84. The Morgan fingerprint density at radius 3 is 2.55 bits per heavy atom. The molecule has 1 unspecified atom stereocenters. The van der Waals surface area contributed by atoms with Gasteiger partial charge in [-0.15, -0.1) is 0 Å². The summed E-state index contributed by atoms with van der Waals surface area (Å²) in [6.07, 6.45) is 0.527. The second-order valence-electron chi connectivity index (χ2n) is 6.44. The quantitative estimate of drug-likeness (QED) is 0.801. The minimum Gasteiger partial charge on any atom is -0.335 e. The lowest BCUT2D eigenvalue weighted by molar-refractivity contribution is -0.127. The van der Waals surface area contributed by atoms with Crippen LogP contribution in [-0.2, 0) is 4.79 Å². The van der Waals surface area contributed by atoms with Crippen LogP contribution in [0.4, 0.5) is 0 Å². The van der Waals surface area contributed by atoms with Crippen molar-refractivity contribution in [3.8, 4) is 0 Å². The molecule has 1 atom stereocenters. The Kier molecular flexibility index (Phi) is 4.19. The predicted octanol–water partition coefficient (Wildman–Crippen LogP) is 3.42. The first-order valence-corrected chi connectivity index (χ1v) is 7.22. The van der Waals surface area contributed by atoms with E-state index in [0.717, 1.165) is 0 Å². The van der Waals surface area contributed by atoms with Crippen molar-refractivity contribution in [2.45, 2.75) is 27.2 Å². The number of carbonyl (C=O) groups is 2. The van der Waals surface area contributed by atoms with E-state index in [1.165, 1.54) is 0 Å². The molecule has 0 aromatic heterocycles. The van der Waals surface area contributed by atoms with Crippen LogP contribution in [0.15, 0.2) is 24.3 Å². The third kappa shape index (κ3) is 3.21. The molecule has 0 N–H and O–H groups in total. The molecule has 1 heterocycles. The van der Waals surface area contributed by atoms with Crippen LogP contribution in [0.3, 0.4) is 0 Å². The van der Waals surface area contributed by atoms with Crippen molar-refractivity contribution in [3.05, 3.63) is 34.9 Å². The fourth-order valence-corrected chi connectivity index (χ4v) is 2.69. The van der Waals surface area contributed by atoms with E-state index in [0.29, 0.717) is 29.5 Å². The summed E-state index contributed by atoms with van der Waals surface area (Å²) < 4.78 is 0. The number of nitrogens with zero attached hydrogens (tertiary/aromatic N) is 1. The van der Waals surface area contributed by atoms with Crippen molar-refractivity contribution in [2.24, 2.45) is 11.3 Å². The molecule has 20 heavy (non-hydrogen) atoms. The smallest absolute Gasteiger partial charge is 0.223 e. The number of Topliss-reactive ketones (excluding diaryl/α,β-unsaturated/α-hetero) is 1. The van der Waals surface area contributed by atoms with E-state index in [9.17, 15) is 9.59 Å². The summed E-state index contributed by atoms with van der Waals surface area (Å²) in [6, 6.07) is 6.96. The molecule has 1 aromatic rings. The molecular formula is C16H20ClNO2. The van der Waals surface area contributed by atoms with Gasteiger partial charge in [0.05, 0.1) is 11.6 Å². The number of likely N-dealkylation sites (tertiary alicyclic amines) is 1. The van der Waals surface area contributed by atoms with Crippen molar-refractivity contribution in [1.82, 2.24) is 4.90 Å². The van der Waals surface area contributed by atoms with Crippen molar-refractivity contribution in [3.63, 3.8) is 0 Å². The van der Waals surface area contributed by atoms with Crippen LogP contribution in [0.25, 0.3) is 0 Å². The number of halogens is 1. The first-order chi connectivity index (χ1) is 9.29. The zero-order valence-corrected chi connectivity index (χ0v) is 12.9. The average molecular weight is 294 g/mol. The number of amides is 1. The highest BCUT2D eigenvalue weighted by molar-refractivity contribution is 6.34. The van der Waals surface area contributed by atoms with Crippen molar-refractivity contribution < 1.29 is 9.59 Å². The van der Waals surface area contributed by atoms with Gasteiger partial charge in [-0.1, -0.05) is 44.5 Å². The topological polar surface area (TPSA) is 37.4 Å². The molecule has 4 heteroatoms. The zero-order chi connectivity index (χ0) is 14.9. The van der Waals surface area contributed by atoms with Crippen LogP contribution in [-0.4, -0.2) is 29.7 Å². The molecule has 0 aliphatic carbocycles. The molecule has 0 bridgehead atoms.